The Morgan fingerprint density at radius 3 is 2.30 bits per heavy atom. The van der Waals surface area contributed by atoms with Crippen LogP contribution in [0.1, 0.15) is 53.9 Å². The quantitative estimate of drug-likeness (QED) is 0.282. The van der Waals surface area contributed by atoms with Gasteiger partial charge in [-0.2, -0.15) is 0 Å². The van der Waals surface area contributed by atoms with Gasteiger partial charge in [-0.15, -0.1) is 0 Å². The average molecular weight is 325 g/mol. The molecule has 0 aromatic rings. The van der Waals surface area contributed by atoms with Gasteiger partial charge < -0.3 is 10.6 Å². The summed E-state index contributed by atoms with van der Waals surface area (Å²) in [5, 5.41) is 14.3. The van der Waals surface area contributed by atoms with Gasteiger partial charge in [0.25, 0.3) is 5.91 Å². The molecule has 3 atom stereocenters. The van der Waals surface area contributed by atoms with Gasteiger partial charge in [-0.3, -0.25) is 20.3 Å². The number of allylic oxidation sites excluding steroid dienone is 1. The fourth-order valence-electron chi connectivity index (χ4n) is 2.19. The second-order valence-corrected chi connectivity index (χ2v) is 5.74. The van der Waals surface area contributed by atoms with E-state index in [4.69, 9.17) is 5.21 Å². The highest BCUT2D eigenvalue weighted by Gasteiger charge is 2.27. The van der Waals surface area contributed by atoms with Gasteiger partial charge in [-0.25, -0.2) is 0 Å². The molecule has 0 rings (SSSR count). The molecule has 2 amide bonds. The zero-order valence-corrected chi connectivity index (χ0v) is 14.8. The van der Waals surface area contributed by atoms with Gasteiger partial charge >= 0.3 is 0 Å². The lowest BCUT2D eigenvalue weighted by atomic mass is 9.97. The molecule has 0 spiro atoms. The molecule has 0 saturated carbocycles. The minimum absolute atomic E-state index is 0.0193. The van der Waals surface area contributed by atoms with E-state index in [9.17, 15) is 9.59 Å². The van der Waals surface area contributed by atoms with Crippen LogP contribution >= 0.6 is 0 Å². The molecule has 0 aromatic carbocycles. The van der Waals surface area contributed by atoms with Crippen molar-refractivity contribution in [1.29, 1.82) is 0 Å². The van der Waals surface area contributed by atoms with Crippen LogP contribution < -0.4 is 16.1 Å². The molecular formula is C17H31N3O3. The molecule has 0 aromatic heterocycles. The van der Waals surface area contributed by atoms with Crippen molar-refractivity contribution in [3.8, 4) is 0 Å². The molecule has 0 heterocycles. The lowest BCUT2D eigenvalue weighted by molar-refractivity contribution is -0.129. The molecule has 0 bridgehead atoms. The number of hydroxylamine groups is 1. The summed E-state index contributed by atoms with van der Waals surface area (Å²) >= 11 is 0. The Hall–Kier alpha value is -1.82. The normalized spacial score (nSPS) is 15.8. The molecule has 0 aliphatic carbocycles. The molecule has 23 heavy (non-hydrogen) atoms. The molecule has 0 radical (unpaired) electrons. The maximum atomic E-state index is 12.5. The van der Waals surface area contributed by atoms with E-state index in [0.29, 0.717) is 5.57 Å². The Morgan fingerprint density at radius 2 is 1.83 bits per heavy atom. The summed E-state index contributed by atoms with van der Waals surface area (Å²) in [6.07, 6.45) is 6.98. The van der Waals surface area contributed by atoms with Crippen LogP contribution in [-0.2, 0) is 9.59 Å². The van der Waals surface area contributed by atoms with Crippen molar-refractivity contribution in [1.82, 2.24) is 16.1 Å². The maximum Gasteiger partial charge on any atom is 0.251 e. The number of nitrogens with one attached hydrogen (secondary N) is 3. The van der Waals surface area contributed by atoms with Crippen molar-refractivity contribution < 1.29 is 14.8 Å². The third-order valence-electron chi connectivity index (χ3n) is 3.80. The Morgan fingerprint density at radius 1 is 1.17 bits per heavy atom. The molecule has 6 nitrogen and oxygen atoms in total. The van der Waals surface area contributed by atoms with E-state index in [0.717, 1.165) is 19.3 Å². The molecule has 132 valence electrons. The van der Waals surface area contributed by atoms with Crippen LogP contribution in [0.5, 0.6) is 0 Å². The zero-order chi connectivity index (χ0) is 17.8. The summed E-state index contributed by atoms with van der Waals surface area (Å²) in [5.74, 6) is -0.484. The fourth-order valence-corrected chi connectivity index (χ4v) is 2.19. The van der Waals surface area contributed by atoms with Crippen molar-refractivity contribution in [2.75, 3.05) is 0 Å². The van der Waals surface area contributed by atoms with E-state index in [1.165, 1.54) is 12.3 Å². The van der Waals surface area contributed by atoms with Gasteiger partial charge in [-0.05, 0) is 32.3 Å². The standard InChI is InChI=1S/C17H31N3O3/c1-6-9-13(5)19-17(22)15(12(4)7-2)20-16(21)14(8-3)10-11-18-23/h8,10-13,15,18,23H,6-7,9H2,1-5H3,(H,19,22)(H,20,21)/b11-10-,14-8+/t12-,13?,15-/m0/s1. The maximum absolute atomic E-state index is 12.5. The Bertz CT molecular complexity index is 433. The topological polar surface area (TPSA) is 90.5 Å². The predicted octanol–water partition coefficient (Wildman–Crippen LogP) is 2.26. The van der Waals surface area contributed by atoms with Crippen LogP contribution in [0.2, 0.25) is 0 Å². The second kappa shape index (κ2) is 11.7. The lowest BCUT2D eigenvalue weighted by Crippen LogP contribution is -2.52. The first kappa shape index (κ1) is 21.2. The number of carbonyl (C=O) groups is 2. The van der Waals surface area contributed by atoms with Crippen molar-refractivity contribution >= 4 is 11.8 Å². The predicted molar refractivity (Wildman–Crippen MR) is 91.7 cm³/mol. The first-order chi connectivity index (χ1) is 10.9. The van der Waals surface area contributed by atoms with Crippen LogP contribution in [0.3, 0.4) is 0 Å². The first-order valence-corrected chi connectivity index (χ1v) is 8.24. The van der Waals surface area contributed by atoms with Crippen molar-refractivity contribution in [2.45, 2.75) is 66.0 Å². The Labute approximate surface area is 139 Å². The number of hydrogen-bond acceptors (Lipinski definition) is 4. The highest BCUT2D eigenvalue weighted by molar-refractivity contribution is 5.99. The third kappa shape index (κ3) is 7.83. The van der Waals surface area contributed by atoms with E-state index in [2.05, 4.69) is 17.6 Å². The minimum Gasteiger partial charge on any atom is -0.352 e. The van der Waals surface area contributed by atoms with Crippen LogP contribution in [0.25, 0.3) is 0 Å². The molecule has 0 aliphatic rings. The Balaban J connectivity index is 5.01. The molecule has 0 aliphatic heterocycles. The van der Waals surface area contributed by atoms with Crippen LogP contribution in [0, 0.1) is 5.92 Å². The Kier molecular flexibility index (Phi) is 10.8. The van der Waals surface area contributed by atoms with Gasteiger partial charge in [0.2, 0.25) is 5.91 Å². The summed E-state index contributed by atoms with van der Waals surface area (Å²) < 4.78 is 0. The summed E-state index contributed by atoms with van der Waals surface area (Å²) in [5.41, 5.74) is 2.23. The van der Waals surface area contributed by atoms with Crippen molar-refractivity contribution in [3.63, 3.8) is 0 Å². The number of amides is 2. The highest BCUT2D eigenvalue weighted by Crippen LogP contribution is 2.10. The molecule has 1 unspecified atom stereocenters. The van der Waals surface area contributed by atoms with Crippen molar-refractivity contribution in [2.24, 2.45) is 5.92 Å². The van der Waals surface area contributed by atoms with Gasteiger partial charge in [0.1, 0.15) is 6.04 Å². The number of carbonyl (C=O) groups excluding carboxylic acids is 2. The van der Waals surface area contributed by atoms with E-state index < -0.39 is 6.04 Å². The van der Waals surface area contributed by atoms with E-state index in [-0.39, 0.29) is 23.8 Å². The van der Waals surface area contributed by atoms with Gasteiger partial charge in [0.15, 0.2) is 0 Å². The van der Waals surface area contributed by atoms with E-state index in [1.54, 1.807) is 13.0 Å². The largest absolute Gasteiger partial charge is 0.352 e. The lowest BCUT2D eigenvalue weighted by Gasteiger charge is -2.25. The summed E-state index contributed by atoms with van der Waals surface area (Å²) in [4.78, 5) is 24.8. The smallest absolute Gasteiger partial charge is 0.251 e. The summed E-state index contributed by atoms with van der Waals surface area (Å²) in [6, 6.07) is -0.507. The number of rotatable bonds is 10. The molecule has 0 saturated heterocycles. The molecular weight excluding hydrogens is 294 g/mol. The highest BCUT2D eigenvalue weighted by atomic mass is 16.5. The second-order valence-electron chi connectivity index (χ2n) is 5.74. The van der Waals surface area contributed by atoms with Gasteiger partial charge in [0.05, 0.1) is 0 Å². The van der Waals surface area contributed by atoms with Crippen LogP contribution in [0.4, 0.5) is 0 Å². The SMILES string of the molecule is C/C=C(\C=C/NO)C(=O)N[C@H](C(=O)NC(C)CCC)[C@@H](C)CC. The van der Waals surface area contributed by atoms with Crippen molar-refractivity contribution in [3.05, 3.63) is 23.9 Å². The zero-order valence-electron chi connectivity index (χ0n) is 14.8. The van der Waals surface area contributed by atoms with Gasteiger partial charge in [-0.1, -0.05) is 39.7 Å². The monoisotopic (exact) mass is 325 g/mol. The third-order valence-corrected chi connectivity index (χ3v) is 3.80. The molecule has 0 fully saturated rings. The molecule has 6 heteroatoms. The van der Waals surface area contributed by atoms with Crippen LogP contribution in [-0.4, -0.2) is 29.1 Å². The van der Waals surface area contributed by atoms with E-state index in [1.807, 2.05) is 26.3 Å². The first-order valence-electron chi connectivity index (χ1n) is 8.24. The van der Waals surface area contributed by atoms with Crippen LogP contribution in [0.15, 0.2) is 23.9 Å². The fraction of sp³-hybridized carbons (Fsp3) is 0.647. The summed E-state index contributed by atoms with van der Waals surface area (Å²) in [7, 11) is 0. The number of hydrogen-bond donors (Lipinski definition) is 4. The minimum atomic E-state index is -0.586. The molecule has 4 N–H and O–H groups in total. The average Bonchev–Trinajstić information content (AvgIpc) is 2.52. The summed E-state index contributed by atoms with van der Waals surface area (Å²) in [6.45, 7) is 9.67. The van der Waals surface area contributed by atoms with E-state index >= 15 is 0 Å². The van der Waals surface area contributed by atoms with Gasteiger partial charge in [0, 0.05) is 17.8 Å².